The molecule has 1 aromatic rings. The Kier molecular flexibility index (Phi) is 3.82. The van der Waals surface area contributed by atoms with Gasteiger partial charge in [0.2, 0.25) is 0 Å². The Morgan fingerprint density at radius 2 is 2.29 bits per heavy atom. The van der Waals surface area contributed by atoms with Crippen molar-refractivity contribution in [1.82, 2.24) is 9.88 Å². The summed E-state index contributed by atoms with van der Waals surface area (Å²) in [5.74, 6) is 0.603. The minimum absolute atomic E-state index is 0.0384. The molecule has 0 bridgehead atoms. The van der Waals surface area contributed by atoms with Crippen LogP contribution in [0.25, 0.3) is 0 Å². The third-order valence-corrected chi connectivity index (χ3v) is 4.24. The highest BCUT2D eigenvalue weighted by Crippen LogP contribution is 2.25. The zero-order chi connectivity index (χ0) is 12.4. The molecule has 0 aromatic carbocycles. The lowest BCUT2D eigenvalue weighted by Gasteiger charge is -2.37. The maximum absolute atomic E-state index is 12.4. The Morgan fingerprint density at radius 3 is 3.00 bits per heavy atom. The van der Waals surface area contributed by atoms with Gasteiger partial charge in [-0.25, -0.2) is 4.98 Å². The van der Waals surface area contributed by atoms with E-state index in [1.807, 2.05) is 17.0 Å². The van der Waals surface area contributed by atoms with Gasteiger partial charge >= 0.3 is 0 Å². The van der Waals surface area contributed by atoms with Crippen molar-refractivity contribution in [2.24, 2.45) is 5.92 Å². The van der Waals surface area contributed by atoms with Crippen LogP contribution in [-0.2, 0) is 0 Å². The zero-order valence-corrected chi connectivity index (χ0v) is 11.8. The van der Waals surface area contributed by atoms with Crippen LogP contribution in [0.15, 0.2) is 22.8 Å². The van der Waals surface area contributed by atoms with Gasteiger partial charge in [-0.3, -0.25) is 4.79 Å². The van der Waals surface area contributed by atoms with Crippen LogP contribution in [0.4, 0.5) is 0 Å². The summed E-state index contributed by atoms with van der Waals surface area (Å²) in [5, 5.41) is 0. The Hall–Kier alpha value is -0.900. The van der Waals surface area contributed by atoms with Crippen LogP contribution in [0.2, 0.25) is 0 Å². The summed E-state index contributed by atoms with van der Waals surface area (Å²) in [7, 11) is 0. The first kappa shape index (κ1) is 12.6. The number of pyridine rings is 1. The second-order valence-electron chi connectivity index (χ2n) is 4.69. The van der Waals surface area contributed by atoms with E-state index in [4.69, 9.17) is 0 Å². The first-order valence-corrected chi connectivity index (χ1v) is 6.82. The molecule has 1 aliphatic heterocycles. The molecule has 2 unspecified atom stereocenters. The number of hydrogen-bond donors (Lipinski definition) is 0. The van der Waals surface area contributed by atoms with E-state index in [-0.39, 0.29) is 5.91 Å². The third kappa shape index (κ3) is 2.51. The molecule has 1 amide bonds. The summed E-state index contributed by atoms with van der Waals surface area (Å²) >= 11 is 3.39. The standard InChI is InChI=1S/C13H17BrN2O/c1-9-5-4-8-16(10(9)2)13(17)12-11(14)6-3-7-15-12/h3,6-7,9-10H,4-5,8H2,1-2H3. The van der Waals surface area contributed by atoms with Gasteiger partial charge in [-0.1, -0.05) is 6.92 Å². The van der Waals surface area contributed by atoms with E-state index in [1.165, 1.54) is 6.42 Å². The van der Waals surface area contributed by atoms with E-state index in [0.717, 1.165) is 17.4 Å². The lowest BCUT2D eigenvalue weighted by molar-refractivity contribution is 0.0544. The predicted octanol–water partition coefficient (Wildman–Crippen LogP) is 3.10. The van der Waals surface area contributed by atoms with Gasteiger partial charge in [0.05, 0.1) is 0 Å². The van der Waals surface area contributed by atoms with Crippen LogP contribution in [0.3, 0.4) is 0 Å². The molecule has 1 fully saturated rings. The lowest BCUT2D eigenvalue weighted by Crippen LogP contribution is -2.46. The second-order valence-corrected chi connectivity index (χ2v) is 5.55. The molecule has 0 N–H and O–H groups in total. The molecule has 2 rings (SSSR count). The SMILES string of the molecule is CC1CCCN(C(=O)c2ncccc2Br)C1C. The van der Waals surface area contributed by atoms with E-state index in [0.29, 0.717) is 17.7 Å². The number of aromatic nitrogens is 1. The van der Waals surface area contributed by atoms with Gasteiger partial charge in [-0.05, 0) is 53.7 Å². The summed E-state index contributed by atoms with van der Waals surface area (Å²) in [6, 6.07) is 3.98. The smallest absolute Gasteiger partial charge is 0.273 e. The fourth-order valence-corrected chi connectivity index (χ4v) is 2.73. The Morgan fingerprint density at radius 1 is 1.53 bits per heavy atom. The van der Waals surface area contributed by atoms with Crippen molar-refractivity contribution in [2.45, 2.75) is 32.7 Å². The first-order valence-electron chi connectivity index (χ1n) is 6.02. The van der Waals surface area contributed by atoms with Gasteiger partial charge in [0.1, 0.15) is 5.69 Å². The average molecular weight is 297 g/mol. The highest BCUT2D eigenvalue weighted by Gasteiger charge is 2.30. The van der Waals surface area contributed by atoms with Crippen molar-refractivity contribution < 1.29 is 4.79 Å². The summed E-state index contributed by atoms with van der Waals surface area (Å²) in [4.78, 5) is 18.5. The monoisotopic (exact) mass is 296 g/mol. The van der Waals surface area contributed by atoms with E-state index in [2.05, 4.69) is 34.8 Å². The van der Waals surface area contributed by atoms with Gasteiger partial charge in [0.25, 0.3) is 5.91 Å². The molecule has 0 radical (unpaired) electrons. The van der Waals surface area contributed by atoms with Crippen molar-refractivity contribution >= 4 is 21.8 Å². The lowest BCUT2D eigenvalue weighted by atomic mass is 9.92. The molecule has 0 spiro atoms. The van der Waals surface area contributed by atoms with Gasteiger partial charge in [0, 0.05) is 23.3 Å². The van der Waals surface area contributed by atoms with Gasteiger partial charge in [-0.15, -0.1) is 0 Å². The number of halogens is 1. The molecule has 0 aliphatic carbocycles. The van der Waals surface area contributed by atoms with Crippen molar-refractivity contribution in [1.29, 1.82) is 0 Å². The van der Waals surface area contributed by atoms with Gasteiger partial charge < -0.3 is 4.90 Å². The largest absolute Gasteiger partial charge is 0.334 e. The molecule has 3 nitrogen and oxygen atoms in total. The normalized spacial score (nSPS) is 24.8. The van der Waals surface area contributed by atoms with Gasteiger partial charge in [0.15, 0.2) is 0 Å². The molecular formula is C13H17BrN2O. The van der Waals surface area contributed by atoms with Crippen LogP contribution < -0.4 is 0 Å². The van der Waals surface area contributed by atoms with E-state index < -0.39 is 0 Å². The summed E-state index contributed by atoms with van der Waals surface area (Å²) < 4.78 is 0.774. The number of amides is 1. The predicted molar refractivity (Wildman–Crippen MR) is 70.8 cm³/mol. The molecule has 17 heavy (non-hydrogen) atoms. The minimum atomic E-state index is 0.0384. The fraction of sp³-hybridized carbons (Fsp3) is 0.538. The van der Waals surface area contributed by atoms with E-state index >= 15 is 0 Å². The molecule has 1 aliphatic rings. The van der Waals surface area contributed by atoms with Crippen LogP contribution in [0.1, 0.15) is 37.2 Å². The third-order valence-electron chi connectivity index (χ3n) is 3.60. The van der Waals surface area contributed by atoms with Crippen LogP contribution >= 0.6 is 15.9 Å². The highest BCUT2D eigenvalue weighted by molar-refractivity contribution is 9.10. The number of carbonyl (C=O) groups excluding carboxylic acids is 1. The average Bonchev–Trinajstić information content (AvgIpc) is 2.32. The van der Waals surface area contributed by atoms with Crippen LogP contribution in [0.5, 0.6) is 0 Å². The van der Waals surface area contributed by atoms with Crippen molar-refractivity contribution in [3.8, 4) is 0 Å². The molecule has 0 saturated carbocycles. The summed E-state index contributed by atoms with van der Waals surface area (Å²) in [5.41, 5.74) is 0.522. The summed E-state index contributed by atoms with van der Waals surface area (Å²) in [6.07, 6.45) is 3.95. The topological polar surface area (TPSA) is 33.2 Å². The quantitative estimate of drug-likeness (QED) is 0.798. The number of carbonyl (C=O) groups is 1. The molecule has 1 aromatic heterocycles. The summed E-state index contributed by atoms with van der Waals surface area (Å²) in [6.45, 7) is 5.17. The molecule has 2 atom stereocenters. The molecule has 92 valence electrons. The Bertz CT molecular complexity index is 422. The van der Waals surface area contributed by atoms with Crippen LogP contribution in [-0.4, -0.2) is 28.4 Å². The molecule has 2 heterocycles. The maximum Gasteiger partial charge on any atom is 0.273 e. The highest BCUT2D eigenvalue weighted by atomic mass is 79.9. The first-order chi connectivity index (χ1) is 8.11. The van der Waals surface area contributed by atoms with Crippen molar-refractivity contribution in [2.75, 3.05) is 6.54 Å². The van der Waals surface area contributed by atoms with E-state index in [1.54, 1.807) is 6.20 Å². The number of likely N-dealkylation sites (tertiary alicyclic amines) is 1. The molecule has 1 saturated heterocycles. The van der Waals surface area contributed by atoms with Crippen molar-refractivity contribution in [3.63, 3.8) is 0 Å². The number of nitrogens with zero attached hydrogens (tertiary/aromatic N) is 2. The number of piperidine rings is 1. The van der Waals surface area contributed by atoms with Crippen LogP contribution in [0, 0.1) is 5.92 Å². The molecule has 4 heteroatoms. The second kappa shape index (κ2) is 5.17. The number of rotatable bonds is 1. The maximum atomic E-state index is 12.4. The fourth-order valence-electron chi connectivity index (χ4n) is 2.30. The molecular weight excluding hydrogens is 280 g/mol. The Labute approximate surface area is 110 Å². The number of hydrogen-bond acceptors (Lipinski definition) is 2. The van der Waals surface area contributed by atoms with Gasteiger partial charge in [-0.2, -0.15) is 0 Å². The van der Waals surface area contributed by atoms with E-state index in [9.17, 15) is 4.79 Å². The van der Waals surface area contributed by atoms with Crippen molar-refractivity contribution in [3.05, 3.63) is 28.5 Å². The zero-order valence-electron chi connectivity index (χ0n) is 10.2. The minimum Gasteiger partial charge on any atom is -0.334 e. The Balaban J connectivity index is 2.23.